The minimum absolute atomic E-state index is 0.118. The standard InChI is InChI=1S/C13H16F3NO2/c1-8(17-9(2)12(18)19)7-10-5-3-4-6-11(10)13(14,15)16/h3-6,8-9,17H,7H2,1-2H3,(H,18,19)/t8?,9-/m1/s1. The van der Waals surface area contributed by atoms with E-state index in [1.54, 1.807) is 6.92 Å². The van der Waals surface area contributed by atoms with Gasteiger partial charge in [-0.3, -0.25) is 4.79 Å². The first-order valence-corrected chi connectivity index (χ1v) is 5.85. The van der Waals surface area contributed by atoms with Crippen LogP contribution in [-0.2, 0) is 17.4 Å². The average molecular weight is 275 g/mol. The molecule has 0 fully saturated rings. The molecule has 0 heterocycles. The van der Waals surface area contributed by atoms with Gasteiger partial charge in [0.25, 0.3) is 0 Å². The average Bonchev–Trinajstić information content (AvgIpc) is 2.27. The first-order chi connectivity index (χ1) is 8.71. The van der Waals surface area contributed by atoms with Gasteiger partial charge < -0.3 is 10.4 Å². The van der Waals surface area contributed by atoms with Crippen molar-refractivity contribution in [3.8, 4) is 0 Å². The van der Waals surface area contributed by atoms with E-state index in [2.05, 4.69) is 5.32 Å². The van der Waals surface area contributed by atoms with Crippen molar-refractivity contribution in [2.45, 2.75) is 38.5 Å². The summed E-state index contributed by atoms with van der Waals surface area (Å²) in [4.78, 5) is 10.7. The number of carboxylic acid groups (broad SMARTS) is 1. The summed E-state index contributed by atoms with van der Waals surface area (Å²) in [7, 11) is 0. The second-order valence-corrected chi connectivity index (χ2v) is 4.49. The molecule has 1 aromatic carbocycles. The summed E-state index contributed by atoms with van der Waals surface area (Å²) in [6.07, 6.45) is -4.28. The lowest BCUT2D eigenvalue weighted by Gasteiger charge is -2.19. The van der Waals surface area contributed by atoms with Gasteiger partial charge in [-0.1, -0.05) is 18.2 Å². The van der Waals surface area contributed by atoms with Crippen LogP contribution in [0.15, 0.2) is 24.3 Å². The van der Waals surface area contributed by atoms with E-state index in [1.807, 2.05) is 0 Å². The summed E-state index contributed by atoms with van der Waals surface area (Å²) in [6, 6.07) is 4.15. The Hall–Kier alpha value is -1.56. The monoisotopic (exact) mass is 275 g/mol. The highest BCUT2D eigenvalue weighted by molar-refractivity contribution is 5.72. The normalized spacial score (nSPS) is 15.0. The molecule has 0 spiro atoms. The van der Waals surface area contributed by atoms with Crippen LogP contribution >= 0.6 is 0 Å². The fraction of sp³-hybridized carbons (Fsp3) is 0.462. The van der Waals surface area contributed by atoms with E-state index in [4.69, 9.17) is 5.11 Å². The predicted molar refractivity (Wildman–Crippen MR) is 64.8 cm³/mol. The molecule has 0 saturated heterocycles. The number of nitrogens with one attached hydrogen (secondary N) is 1. The maximum Gasteiger partial charge on any atom is 0.416 e. The van der Waals surface area contributed by atoms with E-state index in [0.29, 0.717) is 0 Å². The SMILES string of the molecule is CC(Cc1ccccc1C(F)(F)F)N[C@H](C)C(=O)O. The Kier molecular flexibility index (Phi) is 4.94. The smallest absolute Gasteiger partial charge is 0.416 e. The largest absolute Gasteiger partial charge is 0.480 e. The van der Waals surface area contributed by atoms with Crippen molar-refractivity contribution in [3.63, 3.8) is 0 Å². The molecular formula is C13H16F3NO2. The van der Waals surface area contributed by atoms with Crippen molar-refractivity contribution in [3.05, 3.63) is 35.4 Å². The Morgan fingerprint density at radius 1 is 1.32 bits per heavy atom. The van der Waals surface area contributed by atoms with Gasteiger partial charge in [-0.05, 0) is 31.9 Å². The van der Waals surface area contributed by atoms with E-state index >= 15 is 0 Å². The van der Waals surface area contributed by atoms with E-state index in [9.17, 15) is 18.0 Å². The van der Waals surface area contributed by atoms with E-state index in [-0.39, 0.29) is 18.0 Å². The van der Waals surface area contributed by atoms with Crippen LogP contribution in [0, 0.1) is 0 Å². The number of halogens is 3. The van der Waals surface area contributed by atoms with Crippen LogP contribution in [0.2, 0.25) is 0 Å². The third-order valence-electron chi connectivity index (χ3n) is 2.75. The Balaban J connectivity index is 2.80. The van der Waals surface area contributed by atoms with Crippen LogP contribution in [0.5, 0.6) is 0 Å². The Morgan fingerprint density at radius 2 is 1.89 bits per heavy atom. The Morgan fingerprint density at radius 3 is 2.42 bits per heavy atom. The first-order valence-electron chi connectivity index (χ1n) is 5.85. The molecule has 0 aliphatic carbocycles. The molecule has 1 rings (SSSR count). The van der Waals surface area contributed by atoms with Crippen molar-refractivity contribution in [1.82, 2.24) is 5.32 Å². The highest BCUT2D eigenvalue weighted by atomic mass is 19.4. The molecular weight excluding hydrogens is 259 g/mol. The van der Waals surface area contributed by atoms with Gasteiger partial charge in [0.05, 0.1) is 5.56 Å². The molecule has 2 N–H and O–H groups in total. The van der Waals surface area contributed by atoms with Crippen LogP contribution in [0.1, 0.15) is 25.0 Å². The molecule has 106 valence electrons. The molecule has 0 radical (unpaired) electrons. The molecule has 0 bridgehead atoms. The lowest BCUT2D eigenvalue weighted by atomic mass is 10.00. The second kappa shape index (κ2) is 6.06. The van der Waals surface area contributed by atoms with Gasteiger partial charge in [-0.15, -0.1) is 0 Å². The predicted octanol–water partition coefficient (Wildman–Crippen LogP) is 2.70. The van der Waals surface area contributed by atoms with Gasteiger partial charge in [0.15, 0.2) is 0 Å². The molecule has 0 saturated carbocycles. The molecule has 3 nitrogen and oxygen atoms in total. The van der Waals surface area contributed by atoms with Crippen LogP contribution in [-0.4, -0.2) is 23.2 Å². The van der Waals surface area contributed by atoms with Crippen molar-refractivity contribution >= 4 is 5.97 Å². The number of hydrogen-bond acceptors (Lipinski definition) is 2. The van der Waals surface area contributed by atoms with Crippen LogP contribution < -0.4 is 5.32 Å². The number of carbonyl (C=O) groups is 1. The third-order valence-corrected chi connectivity index (χ3v) is 2.75. The number of hydrogen-bond donors (Lipinski definition) is 2. The van der Waals surface area contributed by atoms with Gasteiger partial charge in [0.1, 0.15) is 6.04 Å². The summed E-state index contributed by atoms with van der Waals surface area (Å²) in [6.45, 7) is 3.11. The molecule has 1 aromatic rings. The number of rotatable bonds is 5. The number of carboxylic acids is 1. The summed E-state index contributed by atoms with van der Waals surface area (Å²) in [5, 5.41) is 11.5. The molecule has 0 aliphatic heterocycles. The quantitative estimate of drug-likeness (QED) is 0.868. The molecule has 0 aromatic heterocycles. The van der Waals surface area contributed by atoms with Gasteiger partial charge in [0, 0.05) is 6.04 Å². The second-order valence-electron chi connectivity index (χ2n) is 4.49. The lowest BCUT2D eigenvalue weighted by Crippen LogP contribution is -2.41. The number of aliphatic carboxylic acids is 1. The van der Waals surface area contributed by atoms with E-state index < -0.39 is 23.8 Å². The molecule has 0 amide bonds. The van der Waals surface area contributed by atoms with Gasteiger partial charge >= 0.3 is 12.1 Å². The van der Waals surface area contributed by atoms with Crippen LogP contribution in [0.25, 0.3) is 0 Å². The zero-order valence-electron chi connectivity index (χ0n) is 10.7. The number of benzene rings is 1. The minimum Gasteiger partial charge on any atom is -0.480 e. The third kappa shape index (κ3) is 4.55. The molecule has 2 atom stereocenters. The lowest BCUT2D eigenvalue weighted by molar-refractivity contribution is -0.140. The topological polar surface area (TPSA) is 49.3 Å². The zero-order valence-corrected chi connectivity index (χ0v) is 10.7. The molecule has 0 aliphatic rings. The summed E-state index contributed by atoms with van der Waals surface area (Å²) in [5.74, 6) is -1.03. The summed E-state index contributed by atoms with van der Waals surface area (Å²) >= 11 is 0. The summed E-state index contributed by atoms with van der Waals surface area (Å²) < 4.78 is 38.3. The minimum atomic E-state index is -4.39. The Bertz CT molecular complexity index is 446. The van der Waals surface area contributed by atoms with Crippen LogP contribution in [0.4, 0.5) is 13.2 Å². The van der Waals surface area contributed by atoms with E-state index in [0.717, 1.165) is 6.07 Å². The van der Waals surface area contributed by atoms with E-state index in [1.165, 1.54) is 25.1 Å². The fourth-order valence-electron chi connectivity index (χ4n) is 1.86. The van der Waals surface area contributed by atoms with Crippen molar-refractivity contribution in [1.29, 1.82) is 0 Å². The van der Waals surface area contributed by atoms with Crippen LogP contribution in [0.3, 0.4) is 0 Å². The first kappa shape index (κ1) is 15.5. The van der Waals surface area contributed by atoms with Gasteiger partial charge in [-0.25, -0.2) is 0 Å². The zero-order chi connectivity index (χ0) is 14.6. The highest BCUT2D eigenvalue weighted by Crippen LogP contribution is 2.32. The maximum absolute atomic E-state index is 12.8. The number of alkyl halides is 3. The molecule has 1 unspecified atom stereocenters. The Labute approximate surface area is 109 Å². The van der Waals surface area contributed by atoms with Crippen molar-refractivity contribution in [2.24, 2.45) is 0 Å². The van der Waals surface area contributed by atoms with Crippen molar-refractivity contribution in [2.75, 3.05) is 0 Å². The molecule has 19 heavy (non-hydrogen) atoms. The van der Waals surface area contributed by atoms with Gasteiger partial charge in [-0.2, -0.15) is 13.2 Å². The maximum atomic E-state index is 12.8. The van der Waals surface area contributed by atoms with Crippen molar-refractivity contribution < 1.29 is 23.1 Å². The fourth-order valence-corrected chi connectivity index (χ4v) is 1.86. The summed E-state index contributed by atoms with van der Waals surface area (Å²) in [5.41, 5.74) is -0.515. The molecule has 6 heteroatoms. The van der Waals surface area contributed by atoms with Gasteiger partial charge in [0.2, 0.25) is 0 Å². The highest BCUT2D eigenvalue weighted by Gasteiger charge is 2.33.